The molecule has 4 heteroatoms. The van der Waals surface area contributed by atoms with Crippen LogP contribution in [0, 0.1) is 5.82 Å². The second kappa shape index (κ2) is 5.65. The maximum atomic E-state index is 13.6. The van der Waals surface area contributed by atoms with E-state index in [1.807, 2.05) is 0 Å². The summed E-state index contributed by atoms with van der Waals surface area (Å²) in [5, 5.41) is 0.454. The van der Waals surface area contributed by atoms with Gasteiger partial charge >= 0.3 is 0 Å². The SMILES string of the molecule is O=CCc1ccc(Oc2ccccc2Cl)cc1F. The average Bonchev–Trinajstić information content (AvgIpc) is 2.36. The lowest BCUT2D eigenvalue weighted by molar-refractivity contribution is -0.107. The molecule has 0 spiro atoms. The van der Waals surface area contributed by atoms with Crippen molar-refractivity contribution in [2.45, 2.75) is 6.42 Å². The maximum Gasteiger partial charge on any atom is 0.146 e. The van der Waals surface area contributed by atoms with Crippen molar-refractivity contribution in [1.82, 2.24) is 0 Å². The standard InChI is InChI=1S/C14H10ClFO2/c15-12-3-1-2-4-14(12)18-11-6-5-10(7-8-17)13(16)9-11/h1-6,8-9H,7H2. The number of rotatable bonds is 4. The van der Waals surface area contributed by atoms with Gasteiger partial charge in [-0.05, 0) is 23.8 Å². The molecule has 0 aliphatic rings. The van der Waals surface area contributed by atoms with Gasteiger partial charge < -0.3 is 9.53 Å². The molecular weight excluding hydrogens is 255 g/mol. The van der Waals surface area contributed by atoms with Crippen molar-refractivity contribution < 1.29 is 13.9 Å². The zero-order valence-corrected chi connectivity index (χ0v) is 10.2. The largest absolute Gasteiger partial charge is 0.456 e. The van der Waals surface area contributed by atoms with E-state index in [1.165, 1.54) is 12.1 Å². The third-order valence-corrected chi connectivity index (χ3v) is 2.70. The smallest absolute Gasteiger partial charge is 0.146 e. The first-order chi connectivity index (χ1) is 8.70. The van der Waals surface area contributed by atoms with Crippen molar-refractivity contribution >= 4 is 17.9 Å². The highest BCUT2D eigenvalue weighted by molar-refractivity contribution is 6.32. The fourth-order valence-corrected chi connectivity index (χ4v) is 1.68. The fraction of sp³-hybridized carbons (Fsp3) is 0.0714. The highest BCUT2D eigenvalue weighted by Crippen LogP contribution is 2.29. The Labute approximate surface area is 109 Å². The molecule has 0 N–H and O–H groups in total. The van der Waals surface area contributed by atoms with Crippen molar-refractivity contribution in [2.24, 2.45) is 0 Å². The minimum Gasteiger partial charge on any atom is -0.456 e. The summed E-state index contributed by atoms with van der Waals surface area (Å²) in [5.74, 6) is 0.337. The number of halogens is 2. The molecule has 0 atom stereocenters. The molecule has 0 saturated heterocycles. The van der Waals surface area contributed by atoms with E-state index < -0.39 is 5.82 Å². The van der Waals surface area contributed by atoms with Crippen LogP contribution in [0.4, 0.5) is 4.39 Å². The molecule has 0 amide bonds. The quantitative estimate of drug-likeness (QED) is 0.780. The number of para-hydroxylation sites is 1. The van der Waals surface area contributed by atoms with Crippen LogP contribution in [0.1, 0.15) is 5.56 Å². The van der Waals surface area contributed by atoms with E-state index in [0.717, 1.165) is 0 Å². The first-order valence-corrected chi connectivity index (χ1v) is 5.73. The van der Waals surface area contributed by atoms with E-state index >= 15 is 0 Å². The van der Waals surface area contributed by atoms with Crippen LogP contribution in [-0.4, -0.2) is 6.29 Å². The predicted molar refractivity (Wildman–Crippen MR) is 67.7 cm³/mol. The van der Waals surface area contributed by atoms with Gasteiger partial charge in [-0.2, -0.15) is 0 Å². The maximum absolute atomic E-state index is 13.6. The van der Waals surface area contributed by atoms with E-state index in [0.29, 0.717) is 28.4 Å². The van der Waals surface area contributed by atoms with Gasteiger partial charge in [-0.15, -0.1) is 0 Å². The Balaban J connectivity index is 2.23. The van der Waals surface area contributed by atoms with Crippen molar-refractivity contribution in [2.75, 3.05) is 0 Å². The van der Waals surface area contributed by atoms with Crippen LogP contribution in [0.5, 0.6) is 11.5 Å². The number of hydrogen-bond acceptors (Lipinski definition) is 2. The molecule has 2 rings (SSSR count). The molecule has 92 valence electrons. The van der Waals surface area contributed by atoms with Crippen LogP contribution < -0.4 is 4.74 Å². The number of benzene rings is 2. The number of aldehydes is 1. The Morgan fingerprint density at radius 2 is 2.00 bits per heavy atom. The summed E-state index contributed by atoms with van der Waals surface area (Å²) >= 11 is 5.93. The molecule has 0 unspecified atom stereocenters. The summed E-state index contributed by atoms with van der Waals surface area (Å²) in [7, 11) is 0. The van der Waals surface area contributed by atoms with Crippen molar-refractivity contribution in [3.63, 3.8) is 0 Å². The van der Waals surface area contributed by atoms with Gasteiger partial charge in [0.15, 0.2) is 0 Å². The molecule has 2 aromatic rings. The molecule has 2 nitrogen and oxygen atoms in total. The molecule has 0 aromatic heterocycles. The van der Waals surface area contributed by atoms with Gasteiger partial charge in [0, 0.05) is 12.5 Å². The van der Waals surface area contributed by atoms with E-state index in [2.05, 4.69) is 0 Å². The lowest BCUT2D eigenvalue weighted by atomic mass is 10.1. The molecule has 0 bridgehead atoms. The lowest BCUT2D eigenvalue weighted by Gasteiger charge is -2.08. The molecule has 0 radical (unpaired) electrons. The van der Waals surface area contributed by atoms with Crippen LogP contribution in [-0.2, 0) is 11.2 Å². The average molecular weight is 265 g/mol. The highest BCUT2D eigenvalue weighted by atomic mass is 35.5. The van der Waals surface area contributed by atoms with E-state index in [-0.39, 0.29) is 6.42 Å². The Morgan fingerprint density at radius 3 is 2.67 bits per heavy atom. The third-order valence-electron chi connectivity index (χ3n) is 2.39. The first kappa shape index (κ1) is 12.6. The molecule has 0 aliphatic carbocycles. The summed E-state index contributed by atoms with van der Waals surface area (Å²) in [4.78, 5) is 10.3. The summed E-state index contributed by atoms with van der Waals surface area (Å²) < 4.78 is 19.0. The molecule has 0 saturated carbocycles. The second-order valence-corrected chi connectivity index (χ2v) is 4.06. The summed E-state index contributed by atoms with van der Waals surface area (Å²) in [5.41, 5.74) is 0.344. The van der Waals surface area contributed by atoms with Crippen LogP contribution in [0.15, 0.2) is 42.5 Å². The van der Waals surface area contributed by atoms with E-state index in [1.54, 1.807) is 30.3 Å². The van der Waals surface area contributed by atoms with Crippen LogP contribution >= 0.6 is 11.6 Å². The third kappa shape index (κ3) is 2.87. The topological polar surface area (TPSA) is 26.3 Å². The second-order valence-electron chi connectivity index (χ2n) is 3.66. The Morgan fingerprint density at radius 1 is 1.22 bits per heavy atom. The van der Waals surface area contributed by atoms with Gasteiger partial charge in [-0.3, -0.25) is 0 Å². The van der Waals surface area contributed by atoms with Gasteiger partial charge in [-0.1, -0.05) is 29.8 Å². The monoisotopic (exact) mass is 264 g/mol. The van der Waals surface area contributed by atoms with E-state index in [4.69, 9.17) is 16.3 Å². The Bertz CT molecular complexity index is 569. The minimum absolute atomic E-state index is 0.0538. The zero-order chi connectivity index (χ0) is 13.0. The predicted octanol–water partition coefficient (Wildman–Crippen LogP) is 4.01. The number of carbonyl (C=O) groups is 1. The first-order valence-electron chi connectivity index (χ1n) is 5.35. The summed E-state index contributed by atoms with van der Waals surface area (Å²) in [6.07, 6.45) is 0.714. The van der Waals surface area contributed by atoms with E-state index in [9.17, 15) is 9.18 Å². The van der Waals surface area contributed by atoms with Crippen molar-refractivity contribution in [3.8, 4) is 11.5 Å². The number of ether oxygens (including phenoxy) is 1. The van der Waals surface area contributed by atoms with Gasteiger partial charge in [-0.25, -0.2) is 4.39 Å². The van der Waals surface area contributed by atoms with Gasteiger partial charge in [0.25, 0.3) is 0 Å². The molecule has 2 aromatic carbocycles. The van der Waals surface area contributed by atoms with Crippen LogP contribution in [0.25, 0.3) is 0 Å². The summed E-state index contributed by atoms with van der Waals surface area (Å²) in [6, 6.07) is 11.3. The molecule has 0 heterocycles. The molecule has 0 aliphatic heterocycles. The lowest BCUT2D eigenvalue weighted by Crippen LogP contribution is -1.93. The Kier molecular flexibility index (Phi) is 3.95. The van der Waals surface area contributed by atoms with Gasteiger partial charge in [0.1, 0.15) is 23.6 Å². The molecule has 18 heavy (non-hydrogen) atoms. The van der Waals surface area contributed by atoms with Crippen LogP contribution in [0.2, 0.25) is 5.02 Å². The van der Waals surface area contributed by atoms with Crippen molar-refractivity contribution in [1.29, 1.82) is 0 Å². The highest BCUT2D eigenvalue weighted by Gasteiger charge is 2.06. The zero-order valence-electron chi connectivity index (χ0n) is 9.40. The Hall–Kier alpha value is -1.87. The number of carbonyl (C=O) groups excluding carboxylic acids is 1. The van der Waals surface area contributed by atoms with Gasteiger partial charge in [0.05, 0.1) is 5.02 Å². The van der Waals surface area contributed by atoms with Crippen molar-refractivity contribution in [3.05, 3.63) is 58.9 Å². The fourth-order valence-electron chi connectivity index (χ4n) is 1.50. The van der Waals surface area contributed by atoms with Gasteiger partial charge in [0.2, 0.25) is 0 Å². The van der Waals surface area contributed by atoms with Crippen LogP contribution in [0.3, 0.4) is 0 Å². The normalized spacial score (nSPS) is 10.1. The molecule has 0 fully saturated rings. The summed E-state index contributed by atoms with van der Waals surface area (Å²) in [6.45, 7) is 0. The minimum atomic E-state index is -0.466. The number of hydrogen-bond donors (Lipinski definition) is 0. The molecular formula is C14H10ClFO2.